The zero-order valence-electron chi connectivity index (χ0n) is 13.0. The Kier molecular flexibility index (Phi) is 5.00. The average Bonchev–Trinajstić information content (AvgIpc) is 2.93. The molecule has 3 heteroatoms. The van der Waals surface area contributed by atoms with Crippen molar-refractivity contribution in [3.8, 4) is 0 Å². The average molecular weight is 281 g/mol. The molecule has 20 heavy (non-hydrogen) atoms. The molecule has 1 aliphatic heterocycles. The predicted molar refractivity (Wildman–Crippen MR) is 80.7 cm³/mol. The molecule has 0 radical (unpaired) electrons. The molecular weight excluding hydrogens is 250 g/mol. The van der Waals surface area contributed by atoms with Crippen molar-refractivity contribution >= 4 is 0 Å². The van der Waals surface area contributed by atoms with E-state index in [2.05, 4.69) is 4.90 Å². The maximum atomic E-state index is 10.3. The van der Waals surface area contributed by atoms with Gasteiger partial charge in [-0.25, -0.2) is 0 Å². The number of hydrogen-bond acceptors (Lipinski definition) is 3. The van der Waals surface area contributed by atoms with Gasteiger partial charge in [0.1, 0.15) is 0 Å². The van der Waals surface area contributed by atoms with Crippen LogP contribution in [0.5, 0.6) is 0 Å². The van der Waals surface area contributed by atoms with E-state index in [4.69, 9.17) is 4.74 Å². The molecule has 3 rings (SSSR count). The van der Waals surface area contributed by atoms with Crippen LogP contribution in [0.25, 0.3) is 0 Å². The molecule has 0 spiro atoms. The summed E-state index contributed by atoms with van der Waals surface area (Å²) >= 11 is 0. The van der Waals surface area contributed by atoms with Gasteiger partial charge >= 0.3 is 0 Å². The molecule has 0 aromatic carbocycles. The number of aliphatic hydroxyl groups is 1. The number of hydrogen-bond donors (Lipinski definition) is 1. The summed E-state index contributed by atoms with van der Waals surface area (Å²) in [5.74, 6) is 0.540. The fourth-order valence-corrected chi connectivity index (χ4v) is 4.95. The van der Waals surface area contributed by atoms with Crippen LogP contribution in [0.4, 0.5) is 0 Å². The molecule has 116 valence electrons. The SMILES string of the molecule is COC1CCCC(N2CCCCC2C2CCCC2O)C1. The minimum atomic E-state index is -0.0394. The summed E-state index contributed by atoms with van der Waals surface area (Å²) in [5.41, 5.74) is 0. The molecular formula is C17H31NO2. The Hall–Kier alpha value is -0.120. The quantitative estimate of drug-likeness (QED) is 0.863. The Morgan fingerprint density at radius 1 is 0.950 bits per heavy atom. The minimum absolute atomic E-state index is 0.0394. The van der Waals surface area contributed by atoms with Crippen LogP contribution in [0.15, 0.2) is 0 Å². The van der Waals surface area contributed by atoms with Crippen LogP contribution in [0, 0.1) is 5.92 Å². The highest BCUT2D eigenvalue weighted by molar-refractivity contribution is 4.94. The van der Waals surface area contributed by atoms with Crippen molar-refractivity contribution in [1.82, 2.24) is 4.90 Å². The first-order valence-corrected chi connectivity index (χ1v) is 8.76. The second-order valence-corrected chi connectivity index (χ2v) is 7.14. The fourth-order valence-electron chi connectivity index (χ4n) is 4.95. The number of likely N-dealkylation sites (tertiary alicyclic amines) is 1. The van der Waals surface area contributed by atoms with Gasteiger partial charge in [-0.05, 0) is 57.9 Å². The molecule has 0 aromatic rings. The number of ether oxygens (including phenoxy) is 1. The molecule has 1 saturated heterocycles. The van der Waals surface area contributed by atoms with Crippen LogP contribution in [0.3, 0.4) is 0 Å². The lowest BCUT2D eigenvalue weighted by atomic mass is 9.83. The summed E-state index contributed by atoms with van der Waals surface area (Å²) in [4.78, 5) is 2.77. The first-order valence-electron chi connectivity index (χ1n) is 8.76. The number of aliphatic hydroxyl groups excluding tert-OH is 1. The van der Waals surface area contributed by atoms with Crippen LogP contribution in [0.1, 0.15) is 64.2 Å². The smallest absolute Gasteiger partial charge is 0.0586 e. The van der Waals surface area contributed by atoms with E-state index >= 15 is 0 Å². The minimum Gasteiger partial charge on any atom is -0.393 e. The summed E-state index contributed by atoms with van der Waals surface area (Å²) in [6.45, 7) is 1.25. The maximum absolute atomic E-state index is 10.3. The molecule has 1 N–H and O–H groups in total. The molecule has 5 unspecified atom stereocenters. The van der Waals surface area contributed by atoms with Crippen LogP contribution in [-0.4, -0.2) is 48.0 Å². The molecule has 3 aliphatic rings. The van der Waals surface area contributed by atoms with E-state index in [1.807, 2.05) is 7.11 Å². The van der Waals surface area contributed by atoms with Gasteiger partial charge in [-0.2, -0.15) is 0 Å². The van der Waals surface area contributed by atoms with Crippen molar-refractivity contribution < 1.29 is 9.84 Å². The maximum Gasteiger partial charge on any atom is 0.0586 e. The Labute approximate surface area is 123 Å². The van der Waals surface area contributed by atoms with Crippen molar-refractivity contribution in [3.05, 3.63) is 0 Å². The third-order valence-electron chi connectivity index (χ3n) is 6.02. The van der Waals surface area contributed by atoms with Gasteiger partial charge in [0.2, 0.25) is 0 Å². The standard InChI is InChI=1S/C17H31NO2/c1-20-14-7-4-6-13(12-14)18-11-3-2-9-16(18)15-8-5-10-17(15)19/h13-17,19H,2-12H2,1H3. The molecule has 3 fully saturated rings. The van der Waals surface area contributed by atoms with Crippen LogP contribution < -0.4 is 0 Å². The summed E-state index contributed by atoms with van der Waals surface area (Å²) < 4.78 is 5.62. The zero-order chi connectivity index (χ0) is 13.9. The molecule has 0 bridgehead atoms. The summed E-state index contributed by atoms with van der Waals surface area (Å²) in [6.07, 6.45) is 13.0. The lowest BCUT2D eigenvalue weighted by molar-refractivity contribution is -0.0265. The van der Waals surface area contributed by atoms with Crippen LogP contribution >= 0.6 is 0 Å². The van der Waals surface area contributed by atoms with E-state index in [9.17, 15) is 5.11 Å². The Bertz CT molecular complexity index is 309. The van der Waals surface area contributed by atoms with Gasteiger partial charge in [0, 0.05) is 25.1 Å². The van der Waals surface area contributed by atoms with Crippen molar-refractivity contribution in [3.63, 3.8) is 0 Å². The van der Waals surface area contributed by atoms with Gasteiger partial charge in [0.05, 0.1) is 12.2 Å². The van der Waals surface area contributed by atoms with E-state index in [-0.39, 0.29) is 6.10 Å². The Morgan fingerprint density at radius 2 is 1.80 bits per heavy atom. The van der Waals surface area contributed by atoms with E-state index in [1.54, 1.807) is 0 Å². The lowest BCUT2D eigenvalue weighted by Crippen LogP contribution is -2.52. The van der Waals surface area contributed by atoms with E-state index in [0.717, 1.165) is 6.42 Å². The van der Waals surface area contributed by atoms with Gasteiger partial charge in [-0.1, -0.05) is 12.8 Å². The monoisotopic (exact) mass is 281 g/mol. The highest BCUT2D eigenvalue weighted by atomic mass is 16.5. The van der Waals surface area contributed by atoms with E-state index < -0.39 is 0 Å². The van der Waals surface area contributed by atoms with Crippen LogP contribution in [-0.2, 0) is 4.74 Å². The topological polar surface area (TPSA) is 32.7 Å². The van der Waals surface area contributed by atoms with Gasteiger partial charge in [0.25, 0.3) is 0 Å². The molecule has 0 amide bonds. The van der Waals surface area contributed by atoms with Gasteiger partial charge in [-0.3, -0.25) is 4.90 Å². The summed E-state index contributed by atoms with van der Waals surface area (Å²) in [6, 6.07) is 1.34. The van der Waals surface area contributed by atoms with Gasteiger partial charge in [0.15, 0.2) is 0 Å². The largest absolute Gasteiger partial charge is 0.393 e. The second kappa shape index (κ2) is 6.76. The first kappa shape index (κ1) is 14.8. The highest BCUT2D eigenvalue weighted by Gasteiger charge is 2.40. The van der Waals surface area contributed by atoms with Crippen molar-refractivity contribution in [1.29, 1.82) is 0 Å². The normalized spacial score (nSPS) is 43.8. The lowest BCUT2D eigenvalue weighted by Gasteiger charge is -2.47. The molecule has 0 aromatic heterocycles. The predicted octanol–water partition coefficient (Wildman–Crippen LogP) is 2.96. The van der Waals surface area contributed by atoms with Crippen LogP contribution in [0.2, 0.25) is 0 Å². The second-order valence-electron chi connectivity index (χ2n) is 7.14. The number of methoxy groups -OCH3 is 1. The molecule has 2 aliphatic carbocycles. The molecule has 1 heterocycles. The third-order valence-corrected chi connectivity index (χ3v) is 6.02. The number of piperidine rings is 1. The number of nitrogens with zero attached hydrogens (tertiary/aromatic N) is 1. The van der Waals surface area contributed by atoms with Crippen molar-refractivity contribution in [2.45, 2.75) is 88.5 Å². The summed E-state index contributed by atoms with van der Waals surface area (Å²) in [5, 5.41) is 10.3. The highest BCUT2D eigenvalue weighted by Crippen LogP contribution is 2.38. The van der Waals surface area contributed by atoms with Crippen molar-refractivity contribution in [2.75, 3.05) is 13.7 Å². The Balaban J connectivity index is 1.68. The van der Waals surface area contributed by atoms with E-state index in [0.29, 0.717) is 24.1 Å². The third kappa shape index (κ3) is 3.05. The molecule has 2 saturated carbocycles. The molecule has 5 atom stereocenters. The summed E-state index contributed by atoms with van der Waals surface area (Å²) in [7, 11) is 1.86. The van der Waals surface area contributed by atoms with E-state index in [1.165, 1.54) is 64.3 Å². The van der Waals surface area contributed by atoms with Gasteiger partial charge in [-0.15, -0.1) is 0 Å². The zero-order valence-corrected chi connectivity index (χ0v) is 13.0. The Morgan fingerprint density at radius 3 is 2.55 bits per heavy atom. The van der Waals surface area contributed by atoms with Gasteiger partial charge < -0.3 is 9.84 Å². The molecule has 3 nitrogen and oxygen atoms in total. The van der Waals surface area contributed by atoms with Crippen molar-refractivity contribution in [2.24, 2.45) is 5.92 Å². The first-order chi connectivity index (χ1) is 9.79. The fraction of sp³-hybridized carbons (Fsp3) is 1.00. The number of rotatable bonds is 3.